The molecule has 1 aliphatic carbocycles. The van der Waals surface area contributed by atoms with Gasteiger partial charge in [0.1, 0.15) is 0 Å². The number of hydrogen-bond acceptors (Lipinski definition) is 4. The fraction of sp³-hybridized carbons (Fsp3) is 0.750. The molecule has 1 saturated carbocycles. The van der Waals surface area contributed by atoms with Crippen molar-refractivity contribution >= 4 is 5.95 Å². The molecule has 1 aromatic rings. The molecule has 1 aliphatic heterocycles. The van der Waals surface area contributed by atoms with Crippen LogP contribution in [-0.4, -0.2) is 35.1 Å². The minimum Gasteiger partial charge on any atom is -0.339 e. The second kappa shape index (κ2) is 5.68. The van der Waals surface area contributed by atoms with Gasteiger partial charge in [0.2, 0.25) is 5.95 Å². The summed E-state index contributed by atoms with van der Waals surface area (Å²) >= 11 is 0. The quantitative estimate of drug-likeness (QED) is 0.920. The van der Waals surface area contributed by atoms with Crippen molar-refractivity contribution in [3.63, 3.8) is 0 Å². The molecule has 2 fully saturated rings. The number of hydrogen-bond donors (Lipinski definition) is 1. The van der Waals surface area contributed by atoms with Crippen molar-refractivity contribution in [2.24, 2.45) is 5.41 Å². The Hall–Kier alpha value is -1.16. The monoisotopic (exact) mass is 274 g/mol. The van der Waals surface area contributed by atoms with Crippen LogP contribution < -0.4 is 10.2 Å². The van der Waals surface area contributed by atoms with Gasteiger partial charge >= 0.3 is 0 Å². The summed E-state index contributed by atoms with van der Waals surface area (Å²) in [5, 5.41) is 3.88. The second-order valence-corrected chi connectivity index (χ2v) is 7.10. The Bertz CT molecular complexity index is 431. The highest BCUT2D eigenvalue weighted by atomic mass is 15.3. The van der Waals surface area contributed by atoms with Gasteiger partial charge in [-0.3, -0.25) is 0 Å². The van der Waals surface area contributed by atoms with Crippen molar-refractivity contribution in [1.29, 1.82) is 0 Å². The first-order valence-electron chi connectivity index (χ1n) is 7.90. The van der Waals surface area contributed by atoms with E-state index in [1.165, 1.54) is 32.1 Å². The van der Waals surface area contributed by atoms with Crippen molar-refractivity contribution in [2.75, 3.05) is 18.0 Å². The Balaban J connectivity index is 1.56. The molecule has 3 rings (SSSR count). The fourth-order valence-electron chi connectivity index (χ4n) is 3.66. The summed E-state index contributed by atoms with van der Waals surface area (Å²) in [6, 6.07) is 3.17. The zero-order valence-corrected chi connectivity index (χ0v) is 12.7. The molecule has 0 bridgehead atoms. The van der Waals surface area contributed by atoms with E-state index in [1.54, 1.807) is 0 Å². The average molecular weight is 274 g/mol. The van der Waals surface area contributed by atoms with Crippen molar-refractivity contribution in [3.05, 3.63) is 18.5 Å². The van der Waals surface area contributed by atoms with Gasteiger partial charge in [0.15, 0.2) is 0 Å². The third-order valence-electron chi connectivity index (χ3n) is 4.70. The first-order chi connectivity index (χ1) is 9.62. The molecule has 20 heavy (non-hydrogen) atoms. The highest BCUT2D eigenvalue weighted by Crippen LogP contribution is 2.37. The van der Waals surface area contributed by atoms with Crippen molar-refractivity contribution in [1.82, 2.24) is 15.3 Å². The molecule has 0 spiro atoms. The van der Waals surface area contributed by atoms with E-state index in [1.807, 2.05) is 18.5 Å². The van der Waals surface area contributed by atoms with E-state index in [0.717, 1.165) is 19.0 Å². The largest absolute Gasteiger partial charge is 0.339 e. The first-order valence-corrected chi connectivity index (χ1v) is 7.90. The van der Waals surface area contributed by atoms with Crippen molar-refractivity contribution < 1.29 is 0 Å². The van der Waals surface area contributed by atoms with Gasteiger partial charge in [0.05, 0.1) is 0 Å². The summed E-state index contributed by atoms with van der Waals surface area (Å²) < 4.78 is 0. The maximum atomic E-state index is 4.38. The molecule has 2 heterocycles. The van der Waals surface area contributed by atoms with E-state index in [4.69, 9.17) is 0 Å². The van der Waals surface area contributed by atoms with Gasteiger partial charge in [0.25, 0.3) is 0 Å². The minimum atomic E-state index is 0.522. The van der Waals surface area contributed by atoms with Crippen LogP contribution in [0.5, 0.6) is 0 Å². The summed E-state index contributed by atoms with van der Waals surface area (Å²) in [6.07, 6.45) is 10.2. The molecular weight excluding hydrogens is 248 g/mol. The number of anilines is 1. The predicted octanol–water partition coefficient (Wildman–Crippen LogP) is 2.61. The second-order valence-electron chi connectivity index (χ2n) is 7.10. The Kier molecular flexibility index (Phi) is 3.92. The summed E-state index contributed by atoms with van der Waals surface area (Å²) in [5.74, 6) is 0.880. The van der Waals surface area contributed by atoms with Crippen LogP contribution in [0.3, 0.4) is 0 Å². The van der Waals surface area contributed by atoms with Crippen LogP contribution in [0.25, 0.3) is 0 Å². The van der Waals surface area contributed by atoms with Gasteiger partial charge in [-0.25, -0.2) is 9.97 Å². The van der Waals surface area contributed by atoms with E-state index in [2.05, 4.69) is 34.0 Å². The molecule has 2 aliphatic rings. The minimum absolute atomic E-state index is 0.522. The molecule has 0 radical (unpaired) electrons. The van der Waals surface area contributed by atoms with Crippen LogP contribution in [-0.2, 0) is 0 Å². The highest BCUT2D eigenvalue weighted by Gasteiger charge is 2.33. The normalized spacial score (nSPS) is 29.6. The van der Waals surface area contributed by atoms with Crippen molar-refractivity contribution in [3.8, 4) is 0 Å². The lowest BCUT2D eigenvalue weighted by Gasteiger charge is -2.35. The molecule has 0 aromatic carbocycles. The maximum Gasteiger partial charge on any atom is 0.225 e. The van der Waals surface area contributed by atoms with Gasteiger partial charge in [-0.1, -0.05) is 13.8 Å². The zero-order chi connectivity index (χ0) is 14.0. The Morgan fingerprint density at radius 2 is 2.00 bits per heavy atom. The standard InChI is InChI=1S/C16H26N4/c1-16(2)7-6-13(11-16)19-14-5-3-10-20(12-14)15-17-8-4-9-18-15/h4,8-9,13-14,19H,3,5-7,10-12H2,1-2H3. The van der Waals surface area contributed by atoms with E-state index in [-0.39, 0.29) is 0 Å². The third-order valence-corrected chi connectivity index (χ3v) is 4.70. The molecule has 110 valence electrons. The van der Waals surface area contributed by atoms with Gasteiger partial charge in [-0.15, -0.1) is 0 Å². The third kappa shape index (κ3) is 3.29. The molecule has 1 N–H and O–H groups in total. The topological polar surface area (TPSA) is 41.0 Å². The highest BCUT2D eigenvalue weighted by molar-refractivity contribution is 5.29. The predicted molar refractivity (Wildman–Crippen MR) is 81.8 cm³/mol. The van der Waals surface area contributed by atoms with E-state index in [0.29, 0.717) is 17.5 Å². The van der Waals surface area contributed by atoms with E-state index >= 15 is 0 Å². The number of piperidine rings is 1. The van der Waals surface area contributed by atoms with Crippen LogP contribution in [0.15, 0.2) is 18.5 Å². The molecule has 2 unspecified atom stereocenters. The molecule has 4 nitrogen and oxygen atoms in total. The summed E-state index contributed by atoms with van der Waals surface area (Å²) in [7, 11) is 0. The van der Waals surface area contributed by atoms with Gasteiger partial charge < -0.3 is 10.2 Å². The number of rotatable bonds is 3. The van der Waals surface area contributed by atoms with Gasteiger partial charge in [0, 0.05) is 37.6 Å². The van der Waals surface area contributed by atoms with E-state index in [9.17, 15) is 0 Å². The molecule has 4 heteroatoms. The fourth-order valence-corrected chi connectivity index (χ4v) is 3.66. The van der Waals surface area contributed by atoms with Crippen molar-refractivity contribution in [2.45, 2.75) is 58.0 Å². The molecule has 1 aromatic heterocycles. The lowest BCUT2D eigenvalue weighted by molar-refractivity contribution is 0.334. The SMILES string of the molecule is CC1(C)CCC(NC2CCCN(c3ncccn3)C2)C1. The molecule has 2 atom stereocenters. The van der Waals surface area contributed by atoms with Gasteiger partial charge in [-0.05, 0) is 43.6 Å². The Morgan fingerprint density at radius 1 is 1.20 bits per heavy atom. The van der Waals surface area contributed by atoms with Crippen LogP contribution >= 0.6 is 0 Å². The lowest BCUT2D eigenvalue weighted by Crippen LogP contribution is -2.49. The Morgan fingerprint density at radius 3 is 2.70 bits per heavy atom. The summed E-state index contributed by atoms with van der Waals surface area (Å²) in [5.41, 5.74) is 0.522. The average Bonchev–Trinajstić information content (AvgIpc) is 2.79. The first kappa shape index (κ1) is 13.8. The summed E-state index contributed by atoms with van der Waals surface area (Å²) in [4.78, 5) is 11.1. The smallest absolute Gasteiger partial charge is 0.225 e. The van der Waals surface area contributed by atoms with Crippen LogP contribution in [0.4, 0.5) is 5.95 Å². The van der Waals surface area contributed by atoms with Gasteiger partial charge in [-0.2, -0.15) is 0 Å². The maximum absolute atomic E-state index is 4.38. The number of nitrogens with zero attached hydrogens (tertiary/aromatic N) is 3. The van der Waals surface area contributed by atoms with Crippen LogP contribution in [0.1, 0.15) is 46.0 Å². The van der Waals surface area contributed by atoms with E-state index < -0.39 is 0 Å². The van der Waals surface area contributed by atoms with Crippen LogP contribution in [0.2, 0.25) is 0 Å². The number of aromatic nitrogens is 2. The van der Waals surface area contributed by atoms with Crippen LogP contribution in [0, 0.1) is 5.41 Å². The Labute approximate surface area is 122 Å². The zero-order valence-electron chi connectivity index (χ0n) is 12.7. The molecule has 1 saturated heterocycles. The number of nitrogens with one attached hydrogen (secondary N) is 1. The summed E-state index contributed by atoms with van der Waals surface area (Å²) in [6.45, 7) is 6.90. The molecule has 0 amide bonds. The lowest BCUT2D eigenvalue weighted by atomic mass is 9.91. The molecular formula is C16H26N4.